The largest absolute Gasteiger partial charge is 0.366 e. The van der Waals surface area contributed by atoms with Gasteiger partial charge in [0, 0.05) is 29.6 Å². The molecule has 1 saturated heterocycles. The van der Waals surface area contributed by atoms with Crippen LogP contribution < -0.4 is 5.73 Å². The molecule has 4 rings (SSSR count). The molecule has 1 amide bonds. The first-order valence-corrected chi connectivity index (χ1v) is 9.74. The molecule has 2 aromatic carbocycles. The fourth-order valence-electron chi connectivity index (χ4n) is 4.71. The summed E-state index contributed by atoms with van der Waals surface area (Å²) in [4.78, 5) is 27.6. The van der Waals surface area contributed by atoms with E-state index in [1.165, 1.54) is 25.7 Å². The molecule has 4 heteroatoms. The molecule has 1 aliphatic carbocycles. The number of hydrogen-bond donors (Lipinski definition) is 1. The first-order valence-electron chi connectivity index (χ1n) is 9.74. The lowest BCUT2D eigenvalue weighted by Crippen LogP contribution is -2.43. The van der Waals surface area contributed by atoms with Crippen molar-refractivity contribution in [3.8, 4) is 0 Å². The second-order valence-electron chi connectivity index (χ2n) is 7.75. The Kier molecular flexibility index (Phi) is 4.77. The van der Waals surface area contributed by atoms with E-state index < -0.39 is 5.91 Å². The Balaban J connectivity index is 1.62. The number of Topliss-reactive ketones (excluding diaryl/α,β-unsaturated/α-hetero) is 1. The van der Waals surface area contributed by atoms with Crippen LogP contribution in [0.3, 0.4) is 0 Å². The van der Waals surface area contributed by atoms with E-state index in [9.17, 15) is 9.59 Å². The number of carbonyl (C=O) groups is 2. The molecular formula is C22H26N2O2. The number of benzene rings is 2. The number of hydrogen-bond acceptors (Lipinski definition) is 3. The molecule has 2 aromatic rings. The van der Waals surface area contributed by atoms with Crippen molar-refractivity contribution in [1.82, 2.24) is 4.90 Å². The van der Waals surface area contributed by atoms with Crippen molar-refractivity contribution in [2.45, 2.75) is 44.6 Å². The fraction of sp³-hybridized carbons (Fsp3) is 0.455. The van der Waals surface area contributed by atoms with Crippen LogP contribution in [-0.4, -0.2) is 35.7 Å². The van der Waals surface area contributed by atoms with Crippen LogP contribution >= 0.6 is 0 Å². The maximum atomic E-state index is 13.2. The highest BCUT2D eigenvalue weighted by Gasteiger charge is 2.31. The lowest BCUT2D eigenvalue weighted by Gasteiger charge is -2.36. The van der Waals surface area contributed by atoms with Gasteiger partial charge in [-0.05, 0) is 55.1 Å². The standard InChI is InChI=1S/C22H26N2O2/c23-22(26)20-13-17(12-15-6-1-4-10-19(15)20)21(25)16-7-5-11-24(14-16)18-8-2-3-9-18/h1,4,6,10,12-13,16,18H,2-3,5,7-9,11,14H2,(H2,23,26). The number of amides is 1. The summed E-state index contributed by atoms with van der Waals surface area (Å²) in [5.41, 5.74) is 6.63. The van der Waals surface area contributed by atoms with Crippen molar-refractivity contribution in [3.63, 3.8) is 0 Å². The van der Waals surface area contributed by atoms with Gasteiger partial charge in [0.15, 0.2) is 5.78 Å². The van der Waals surface area contributed by atoms with Gasteiger partial charge in [-0.1, -0.05) is 37.1 Å². The van der Waals surface area contributed by atoms with Gasteiger partial charge in [0.2, 0.25) is 5.91 Å². The van der Waals surface area contributed by atoms with E-state index in [0.717, 1.165) is 36.7 Å². The predicted octanol–water partition coefficient (Wildman–Crippen LogP) is 3.78. The molecule has 0 bridgehead atoms. The van der Waals surface area contributed by atoms with Crippen LogP contribution in [0.25, 0.3) is 10.8 Å². The van der Waals surface area contributed by atoms with E-state index in [4.69, 9.17) is 5.73 Å². The monoisotopic (exact) mass is 350 g/mol. The second kappa shape index (κ2) is 7.20. The minimum absolute atomic E-state index is 0.0197. The highest BCUT2D eigenvalue weighted by Crippen LogP contribution is 2.30. The van der Waals surface area contributed by atoms with Crippen molar-refractivity contribution in [2.75, 3.05) is 13.1 Å². The summed E-state index contributed by atoms with van der Waals surface area (Å²) >= 11 is 0. The molecule has 2 N–H and O–H groups in total. The molecule has 1 atom stereocenters. The molecule has 1 heterocycles. The summed E-state index contributed by atoms with van der Waals surface area (Å²) in [5.74, 6) is -0.306. The number of likely N-dealkylation sites (tertiary alicyclic amines) is 1. The van der Waals surface area contributed by atoms with Crippen LogP contribution in [-0.2, 0) is 0 Å². The average molecular weight is 350 g/mol. The van der Waals surface area contributed by atoms with Gasteiger partial charge >= 0.3 is 0 Å². The number of rotatable bonds is 4. The summed E-state index contributed by atoms with van der Waals surface area (Å²) in [6, 6.07) is 11.9. The van der Waals surface area contributed by atoms with Crippen molar-refractivity contribution in [1.29, 1.82) is 0 Å². The summed E-state index contributed by atoms with van der Waals surface area (Å²) in [6.07, 6.45) is 7.16. The highest BCUT2D eigenvalue weighted by atomic mass is 16.1. The number of piperidine rings is 1. The number of primary amides is 1. The number of ketones is 1. The molecule has 0 aromatic heterocycles. The topological polar surface area (TPSA) is 63.4 Å². The number of nitrogens with two attached hydrogens (primary N) is 1. The third-order valence-electron chi connectivity index (χ3n) is 6.08. The van der Waals surface area contributed by atoms with E-state index in [2.05, 4.69) is 4.90 Å². The zero-order valence-corrected chi connectivity index (χ0v) is 15.1. The Bertz CT molecular complexity index is 839. The van der Waals surface area contributed by atoms with Crippen LogP contribution in [0.5, 0.6) is 0 Å². The number of nitrogens with zero attached hydrogens (tertiary/aromatic N) is 1. The number of fused-ring (bicyclic) bond motifs is 1. The molecule has 26 heavy (non-hydrogen) atoms. The Morgan fingerprint density at radius 2 is 1.77 bits per heavy atom. The summed E-state index contributed by atoms with van der Waals surface area (Å²) in [6.45, 7) is 1.96. The molecule has 2 fully saturated rings. The maximum absolute atomic E-state index is 13.2. The molecular weight excluding hydrogens is 324 g/mol. The molecule has 2 aliphatic rings. The van der Waals surface area contributed by atoms with Gasteiger partial charge in [0.25, 0.3) is 0 Å². The van der Waals surface area contributed by atoms with Crippen LogP contribution in [0, 0.1) is 5.92 Å². The Morgan fingerprint density at radius 1 is 1.00 bits per heavy atom. The third kappa shape index (κ3) is 3.26. The molecule has 136 valence electrons. The van der Waals surface area contributed by atoms with Crippen molar-refractivity contribution in [2.24, 2.45) is 11.7 Å². The lowest BCUT2D eigenvalue weighted by molar-refractivity contribution is 0.0757. The van der Waals surface area contributed by atoms with Crippen molar-refractivity contribution in [3.05, 3.63) is 47.5 Å². The average Bonchev–Trinajstić information content (AvgIpc) is 3.21. The summed E-state index contributed by atoms with van der Waals surface area (Å²) < 4.78 is 0. The minimum atomic E-state index is -0.480. The zero-order chi connectivity index (χ0) is 18.1. The van der Waals surface area contributed by atoms with E-state index in [0.29, 0.717) is 17.2 Å². The molecule has 1 unspecified atom stereocenters. The molecule has 4 nitrogen and oxygen atoms in total. The first kappa shape index (κ1) is 17.2. The Labute approximate surface area is 154 Å². The van der Waals surface area contributed by atoms with Crippen LogP contribution in [0.4, 0.5) is 0 Å². The first-order chi connectivity index (χ1) is 12.6. The van der Waals surface area contributed by atoms with Gasteiger partial charge in [-0.15, -0.1) is 0 Å². The van der Waals surface area contributed by atoms with Gasteiger partial charge in [-0.2, -0.15) is 0 Å². The van der Waals surface area contributed by atoms with Gasteiger partial charge in [0.1, 0.15) is 0 Å². The molecule has 1 aliphatic heterocycles. The van der Waals surface area contributed by atoms with Gasteiger partial charge in [0.05, 0.1) is 0 Å². The van der Waals surface area contributed by atoms with Gasteiger partial charge in [-0.25, -0.2) is 0 Å². The third-order valence-corrected chi connectivity index (χ3v) is 6.08. The Morgan fingerprint density at radius 3 is 2.54 bits per heavy atom. The molecule has 0 spiro atoms. The van der Waals surface area contributed by atoms with Crippen LogP contribution in [0.2, 0.25) is 0 Å². The fourth-order valence-corrected chi connectivity index (χ4v) is 4.71. The van der Waals surface area contributed by atoms with Gasteiger partial charge in [-0.3, -0.25) is 14.5 Å². The quantitative estimate of drug-likeness (QED) is 0.854. The van der Waals surface area contributed by atoms with E-state index in [1.807, 2.05) is 30.3 Å². The van der Waals surface area contributed by atoms with Crippen molar-refractivity contribution < 1.29 is 9.59 Å². The minimum Gasteiger partial charge on any atom is -0.366 e. The smallest absolute Gasteiger partial charge is 0.249 e. The second-order valence-corrected chi connectivity index (χ2v) is 7.75. The van der Waals surface area contributed by atoms with Gasteiger partial charge < -0.3 is 5.73 Å². The van der Waals surface area contributed by atoms with E-state index >= 15 is 0 Å². The van der Waals surface area contributed by atoms with E-state index in [-0.39, 0.29) is 11.7 Å². The van der Waals surface area contributed by atoms with E-state index in [1.54, 1.807) is 6.07 Å². The predicted molar refractivity (Wildman–Crippen MR) is 103 cm³/mol. The molecule has 1 saturated carbocycles. The normalized spacial score (nSPS) is 21.9. The van der Waals surface area contributed by atoms with Crippen LogP contribution in [0.15, 0.2) is 36.4 Å². The zero-order valence-electron chi connectivity index (χ0n) is 15.1. The maximum Gasteiger partial charge on any atom is 0.249 e. The lowest BCUT2D eigenvalue weighted by atomic mass is 9.87. The summed E-state index contributed by atoms with van der Waals surface area (Å²) in [7, 11) is 0. The molecule has 0 radical (unpaired) electrons. The number of carbonyl (C=O) groups excluding carboxylic acids is 2. The summed E-state index contributed by atoms with van der Waals surface area (Å²) in [5, 5.41) is 1.71. The highest BCUT2D eigenvalue weighted by molar-refractivity contribution is 6.10. The van der Waals surface area contributed by atoms with Crippen molar-refractivity contribution >= 4 is 22.5 Å². The Hall–Kier alpha value is -2.20. The van der Waals surface area contributed by atoms with Crippen LogP contribution in [0.1, 0.15) is 59.2 Å². The SMILES string of the molecule is NC(=O)c1cc(C(=O)C2CCCN(C3CCCC3)C2)cc2ccccc12.